The van der Waals surface area contributed by atoms with E-state index >= 15 is 0 Å². The molecular formula is C14H14O4. The summed E-state index contributed by atoms with van der Waals surface area (Å²) in [5.41, 5.74) is 0.851. The van der Waals surface area contributed by atoms with Crippen LogP contribution in [0.1, 0.15) is 19.4 Å². The van der Waals surface area contributed by atoms with Gasteiger partial charge in [-0.05, 0) is 24.6 Å². The van der Waals surface area contributed by atoms with Crippen LogP contribution in [0.25, 0.3) is 11.0 Å². The van der Waals surface area contributed by atoms with Crippen LogP contribution in [-0.2, 0) is 4.79 Å². The van der Waals surface area contributed by atoms with Crippen molar-refractivity contribution in [3.8, 4) is 5.75 Å². The first kappa shape index (κ1) is 12.4. The monoisotopic (exact) mass is 246 g/mol. The van der Waals surface area contributed by atoms with Crippen molar-refractivity contribution in [3.63, 3.8) is 0 Å². The second-order valence-electron chi connectivity index (χ2n) is 4.48. The smallest absolute Gasteiger partial charge is 0.336 e. The van der Waals surface area contributed by atoms with Crippen LogP contribution in [0.4, 0.5) is 0 Å². The predicted molar refractivity (Wildman–Crippen MR) is 67.7 cm³/mol. The standard InChI is InChI=1S/C14H14O4/c1-8(2)14(16)17-10-4-5-11-9(3)6-13(15)18-12(11)7-10/h4-8H,1-3H3. The van der Waals surface area contributed by atoms with Gasteiger partial charge in [-0.1, -0.05) is 13.8 Å². The molecule has 4 nitrogen and oxygen atoms in total. The fraction of sp³-hybridized carbons (Fsp3) is 0.286. The molecule has 0 atom stereocenters. The van der Waals surface area contributed by atoms with Crippen LogP contribution in [0.15, 0.2) is 33.5 Å². The largest absolute Gasteiger partial charge is 0.426 e. The summed E-state index contributed by atoms with van der Waals surface area (Å²) in [7, 11) is 0. The van der Waals surface area contributed by atoms with E-state index in [4.69, 9.17) is 9.15 Å². The van der Waals surface area contributed by atoms with Gasteiger partial charge in [0.25, 0.3) is 0 Å². The van der Waals surface area contributed by atoms with Crippen molar-refractivity contribution in [3.05, 3.63) is 40.2 Å². The lowest BCUT2D eigenvalue weighted by Crippen LogP contribution is -2.14. The number of hydrogen-bond acceptors (Lipinski definition) is 4. The first-order chi connectivity index (χ1) is 8.47. The van der Waals surface area contributed by atoms with Gasteiger partial charge in [-0.15, -0.1) is 0 Å². The molecule has 1 heterocycles. The number of aryl methyl sites for hydroxylation is 1. The van der Waals surface area contributed by atoms with E-state index in [1.807, 2.05) is 6.92 Å². The van der Waals surface area contributed by atoms with Gasteiger partial charge in [0.05, 0.1) is 5.92 Å². The Morgan fingerprint density at radius 2 is 2.00 bits per heavy atom. The third-order valence-electron chi connectivity index (χ3n) is 2.61. The van der Waals surface area contributed by atoms with Crippen molar-refractivity contribution in [1.82, 2.24) is 0 Å². The highest BCUT2D eigenvalue weighted by Gasteiger charge is 2.11. The van der Waals surface area contributed by atoms with E-state index < -0.39 is 5.63 Å². The number of benzene rings is 1. The summed E-state index contributed by atoms with van der Waals surface area (Å²) in [6, 6.07) is 6.46. The molecule has 0 spiro atoms. The third kappa shape index (κ3) is 2.42. The number of ether oxygens (including phenoxy) is 1. The molecule has 0 amide bonds. The molecular weight excluding hydrogens is 232 g/mol. The predicted octanol–water partition coefficient (Wildman–Crippen LogP) is 2.66. The molecule has 1 aromatic heterocycles. The normalized spacial score (nSPS) is 10.9. The third-order valence-corrected chi connectivity index (χ3v) is 2.61. The highest BCUT2D eigenvalue weighted by molar-refractivity contribution is 5.82. The first-order valence-corrected chi connectivity index (χ1v) is 5.73. The Labute approximate surface area is 104 Å². The number of rotatable bonds is 2. The SMILES string of the molecule is Cc1cc(=O)oc2cc(OC(=O)C(C)C)ccc12. The molecule has 0 aliphatic carbocycles. The lowest BCUT2D eigenvalue weighted by molar-refractivity contribution is -0.137. The van der Waals surface area contributed by atoms with E-state index in [9.17, 15) is 9.59 Å². The summed E-state index contributed by atoms with van der Waals surface area (Å²) in [5, 5.41) is 0.832. The molecule has 0 saturated heterocycles. The van der Waals surface area contributed by atoms with E-state index in [0.29, 0.717) is 11.3 Å². The summed E-state index contributed by atoms with van der Waals surface area (Å²) in [6.07, 6.45) is 0. The van der Waals surface area contributed by atoms with Crippen molar-refractivity contribution >= 4 is 16.9 Å². The fourth-order valence-electron chi connectivity index (χ4n) is 1.60. The maximum atomic E-state index is 11.5. The minimum atomic E-state index is -0.410. The van der Waals surface area contributed by atoms with Crippen molar-refractivity contribution < 1.29 is 13.9 Å². The molecule has 0 radical (unpaired) electrons. The van der Waals surface area contributed by atoms with Gasteiger partial charge in [0, 0.05) is 17.5 Å². The van der Waals surface area contributed by atoms with Crippen LogP contribution < -0.4 is 10.4 Å². The molecule has 0 fully saturated rings. The van der Waals surface area contributed by atoms with Crippen molar-refractivity contribution in [2.45, 2.75) is 20.8 Å². The van der Waals surface area contributed by atoms with E-state index in [-0.39, 0.29) is 11.9 Å². The Bertz CT molecular complexity index is 652. The zero-order chi connectivity index (χ0) is 13.3. The van der Waals surface area contributed by atoms with Crippen LogP contribution in [0.5, 0.6) is 5.75 Å². The summed E-state index contributed by atoms with van der Waals surface area (Å²) >= 11 is 0. The molecule has 4 heteroatoms. The van der Waals surface area contributed by atoms with Crippen molar-refractivity contribution in [2.24, 2.45) is 5.92 Å². The lowest BCUT2D eigenvalue weighted by Gasteiger charge is -2.07. The van der Waals surface area contributed by atoms with Crippen LogP contribution in [0.2, 0.25) is 0 Å². The highest BCUT2D eigenvalue weighted by Crippen LogP contribution is 2.22. The number of hydrogen-bond donors (Lipinski definition) is 0. The minimum absolute atomic E-state index is 0.204. The van der Waals surface area contributed by atoms with Crippen LogP contribution in [0.3, 0.4) is 0 Å². The quantitative estimate of drug-likeness (QED) is 0.464. The number of fused-ring (bicyclic) bond motifs is 1. The average Bonchev–Trinajstić information content (AvgIpc) is 2.27. The van der Waals surface area contributed by atoms with E-state index in [1.165, 1.54) is 6.07 Å². The number of carbonyl (C=O) groups excluding carboxylic acids is 1. The maximum Gasteiger partial charge on any atom is 0.336 e. The highest BCUT2D eigenvalue weighted by atomic mass is 16.5. The minimum Gasteiger partial charge on any atom is -0.426 e. The topological polar surface area (TPSA) is 56.5 Å². The van der Waals surface area contributed by atoms with Gasteiger partial charge in [-0.2, -0.15) is 0 Å². The van der Waals surface area contributed by atoms with E-state index in [0.717, 1.165) is 10.9 Å². The molecule has 0 saturated carbocycles. The fourth-order valence-corrected chi connectivity index (χ4v) is 1.60. The van der Waals surface area contributed by atoms with Gasteiger partial charge >= 0.3 is 11.6 Å². The molecule has 0 aliphatic heterocycles. The molecule has 0 bridgehead atoms. The van der Waals surface area contributed by atoms with E-state index in [2.05, 4.69) is 0 Å². The van der Waals surface area contributed by atoms with Gasteiger partial charge in [0.15, 0.2) is 0 Å². The zero-order valence-electron chi connectivity index (χ0n) is 10.5. The maximum absolute atomic E-state index is 11.5. The number of esters is 1. The van der Waals surface area contributed by atoms with Crippen LogP contribution >= 0.6 is 0 Å². The van der Waals surface area contributed by atoms with Gasteiger partial charge in [0.1, 0.15) is 11.3 Å². The molecule has 0 unspecified atom stereocenters. The van der Waals surface area contributed by atoms with Gasteiger partial charge in [0.2, 0.25) is 0 Å². The summed E-state index contributed by atoms with van der Waals surface area (Å²) in [4.78, 5) is 22.7. The summed E-state index contributed by atoms with van der Waals surface area (Å²) < 4.78 is 10.2. The van der Waals surface area contributed by atoms with Gasteiger partial charge < -0.3 is 9.15 Å². The Hall–Kier alpha value is -2.10. The van der Waals surface area contributed by atoms with Crippen LogP contribution in [0, 0.1) is 12.8 Å². The molecule has 0 N–H and O–H groups in total. The molecule has 0 aliphatic rings. The van der Waals surface area contributed by atoms with Crippen LogP contribution in [-0.4, -0.2) is 5.97 Å². The Morgan fingerprint density at radius 3 is 2.67 bits per heavy atom. The van der Waals surface area contributed by atoms with E-state index in [1.54, 1.807) is 32.0 Å². The molecule has 18 heavy (non-hydrogen) atoms. The summed E-state index contributed by atoms with van der Waals surface area (Å²) in [6.45, 7) is 5.35. The Morgan fingerprint density at radius 1 is 1.28 bits per heavy atom. The molecule has 2 aromatic rings. The van der Waals surface area contributed by atoms with Gasteiger partial charge in [-0.3, -0.25) is 4.79 Å². The molecule has 1 aromatic carbocycles. The Balaban J connectivity index is 2.44. The Kier molecular flexibility index (Phi) is 3.19. The second kappa shape index (κ2) is 4.64. The average molecular weight is 246 g/mol. The van der Waals surface area contributed by atoms with Gasteiger partial charge in [-0.25, -0.2) is 4.79 Å². The zero-order valence-corrected chi connectivity index (χ0v) is 10.5. The molecule has 2 rings (SSSR count). The molecule has 94 valence electrons. The van der Waals surface area contributed by atoms with Crippen molar-refractivity contribution in [1.29, 1.82) is 0 Å². The van der Waals surface area contributed by atoms with Crippen molar-refractivity contribution in [2.75, 3.05) is 0 Å². The summed E-state index contributed by atoms with van der Waals surface area (Å²) in [5.74, 6) is -0.135. The first-order valence-electron chi connectivity index (χ1n) is 5.73. The second-order valence-corrected chi connectivity index (χ2v) is 4.48. The lowest BCUT2D eigenvalue weighted by atomic mass is 10.1. The number of carbonyl (C=O) groups is 1.